The third-order valence-electron chi connectivity index (χ3n) is 5.42. The van der Waals surface area contributed by atoms with Crippen LogP contribution in [0.3, 0.4) is 0 Å². The van der Waals surface area contributed by atoms with Gasteiger partial charge >= 0.3 is 0 Å². The highest BCUT2D eigenvalue weighted by molar-refractivity contribution is 7.98. The molecule has 1 atom stereocenters. The van der Waals surface area contributed by atoms with Gasteiger partial charge in [-0.15, -0.1) is 11.8 Å². The number of ketones is 1. The average molecular weight is 379 g/mol. The second-order valence-corrected chi connectivity index (χ2v) is 9.17. The van der Waals surface area contributed by atoms with Gasteiger partial charge in [-0.3, -0.25) is 4.79 Å². The molecule has 3 nitrogen and oxygen atoms in total. The van der Waals surface area contributed by atoms with Crippen LogP contribution in [0.5, 0.6) is 0 Å². The normalized spacial score (nSPS) is 20.9. The summed E-state index contributed by atoms with van der Waals surface area (Å²) in [6.45, 7) is 6.45. The van der Waals surface area contributed by atoms with Crippen LogP contribution in [0.4, 0.5) is 11.4 Å². The van der Waals surface area contributed by atoms with Crippen molar-refractivity contribution >= 4 is 28.9 Å². The first kappa shape index (κ1) is 18.2. The molecule has 0 amide bonds. The van der Waals surface area contributed by atoms with Gasteiger partial charge in [-0.1, -0.05) is 38.1 Å². The molecule has 0 radical (unpaired) electrons. The number of hydrogen-bond donors (Lipinski definition) is 2. The van der Waals surface area contributed by atoms with Gasteiger partial charge in [0.15, 0.2) is 5.78 Å². The van der Waals surface area contributed by atoms with Crippen molar-refractivity contribution in [2.45, 2.75) is 44.6 Å². The molecule has 1 heterocycles. The van der Waals surface area contributed by atoms with Crippen molar-refractivity contribution < 1.29 is 4.79 Å². The van der Waals surface area contributed by atoms with E-state index in [4.69, 9.17) is 0 Å². The SMILES string of the molecule is CSc1ccccc1C1Nc2cc(C)ccc2NC2=C1C(=O)CC(C)(C)C2. The number of nitrogens with one attached hydrogen (secondary N) is 2. The number of carbonyl (C=O) groups excluding carboxylic acids is 1. The quantitative estimate of drug-likeness (QED) is 0.635. The van der Waals surface area contributed by atoms with E-state index in [1.165, 1.54) is 16.0 Å². The molecule has 0 spiro atoms. The fraction of sp³-hybridized carbons (Fsp3) is 0.348. The Balaban J connectivity index is 1.92. The largest absolute Gasteiger partial charge is 0.372 e. The number of aryl methyl sites for hydroxylation is 1. The Morgan fingerprint density at radius 1 is 1.07 bits per heavy atom. The molecule has 0 saturated heterocycles. The number of benzene rings is 2. The number of thioether (sulfide) groups is 1. The molecule has 140 valence electrons. The van der Waals surface area contributed by atoms with Gasteiger partial charge in [0.25, 0.3) is 0 Å². The first-order valence-corrected chi connectivity index (χ1v) is 10.6. The Bertz CT molecular complexity index is 945. The molecular weight excluding hydrogens is 352 g/mol. The molecule has 0 bridgehead atoms. The zero-order chi connectivity index (χ0) is 19.2. The highest BCUT2D eigenvalue weighted by Gasteiger charge is 2.39. The van der Waals surface area contributed by atoms with Crippen molar-refractivity contribution in [3.8, 4) is 0 Å². The Morgan fingerprint density at radius 2 is 1.85 bits per heavy atom. The summed E-state index contributed by atoms with van der Waals surface area (Å²) in [7, 11) is 0. The van der Waals surface area contributed by atoms with E-state index in [0.29, 0.717) is 6.42 Å². The summed E-state index contributed by atoms with van der Waals surface area (Å²) in [5, 5.41) is 7.30. The highest BCUT2D eigenvalue weighted by Crippen LogP contribution is 2.46. The fourth-order valence-corrected chi connectivity index (χ4v) is 4.83. The number of rotatable bonds is 2. The van der Waals surface area contributed by atoms with Crippen LogP contribution in [-0.4, -0.2) is 12.0 Å². The van der Waals surface area contributed by atoms with Crippen LogP contribution in [0.25, 0.3) is 0 Å². The van der Waals surface area contributed by atoms with E-state index in [-0.39, 0.29) is 17.2 Å². The summed E-state index contributed by atoms with van der Waals surface area (Å²) in [5.41, 5.74) is 6.39. The van der Waals surface area contributed by atoms with Crippen molar-refractivity contribution in [2.24, 2.45) is 5.41 Å². The van der Waals surface area contributed by atoms with Gasteiger partial charge in [0.2, 0.25) is 0 Å². The number of Topliss-reactive ketones (excluding diaryl/α,β-unsaturated/α-hetero) is 1. The van der Waals surface area contributed by atoms with E-state index < -0.39 is 0 Å². The van der Waals surface area contributed by atoms with Crippen molar-refractivity contribution in [3.63, 3.8) is 0 Å². The maximum atomic E-state index is 13.3. The van der Waals surface area contributed by atoms with Crippen LogP contribution in [0, 0.1) is 12.3 Å². The molecule has 4 rings (SSSR count). The monoisotopic (exact) mass is 378 g/mol. The van der Waals surface area contributed by atoms with Crippen LogP contribution >= 0.6 is 11.8 Å². The Hall–Kier alpha value is -2.20. The van der Waals surface area contributed by atoms with Crippen LogP contribution in [0.2, 0.25) is 0 Å². The lowest BCUT2D eigenvalue weighted by Gasteiger charge is -2.34. The van der Waals surface area contributed by atoms with Crippen molar-refractivity contribution in [2.75, 3.05) is 16.9 Å². The summed E-state index contributed by atoms with van der Waals surface area (Å²) >= 11 is 1.73. The van der Waals surface area contributed by atoms with Crippen molar-refractivity contribution in [1.29, 1.82) is 0 Å². The molecule has 1 unspecified atom stereocenters. The topological polar surface area (TPSA) is 41.1 Å². The number of allylic oxidation sites excluding steroid dienone is 1. The zero-order valence-electron chi connectivity index (χ0n) is 16.3. The van der Waals surface area contributed by atoms with Gasteiger partial charge < -0.3 is 10.6 Å². The smallest absolute Gasteiger partial charge is 0.163 e. The van der Waals surface area contributed by atoms with E-state index in [9.17, 15) is 4.79 Å². The van der Waals surface area contributed by atoms with E-state index in [2.05, 4.69) is 80.1 Å². The molecule has 2 aromatic rings. The van der Waals surface area contributed by atoms with E-state index in [1.54, 1.807) is 11.8 Å². The second kappa shape index (κ2) is 6.75. The molecule has 0 saturated carbocycles. The van der Waals surface area contributed by atoms with Gasteiger partial charge in [0, 0.05) is 22.6 Å². The van der Waals surface area contributed by atoms with Gasteiger partial charge in [-0.05, 0) is 54.3 Å². The Labute approximate surface area is 165 Å². The molecule has 0 fully saturated rings. The number of carbonyl (C=O) groups is 1. The summed E-state index contributed by atoms with van der Waals surface area (Å²) in [4.78, 5) is 14.5. The highest BCUT2D eigenvalue weighted by atomic mass is 32.2. The standard InChI is InChI=1S/C23H26N2OS/c1-14-9-10-16-17(11-14)25-22(15-7-5-6-8-20(15)27-4)21-18(24-16)12-23(2,3)13-19(21)26/h5-11,22,24-25H,12-13H2,1-4H3. The fourth-order valence-electron chi connectivity index (χ4n) is 4.20. The molecule has 0 aromatic heterocycles. The second-order valence-electron chi connectivity index (χ2n) is 8.33. The summed E-state index contributed by atoms with van der Waals surface area (Å²) in [5.74, 6) is 0.242. The zero-order valence-corrected chi connectivity index (χ0v) is 17.2. The number of anilines is 2. The average Bonchev–Trinajstić information content (AvgIpc) is 2.76. The molecule has 27 heavy (non-hydrogen) atoms. The first-order valence-electron chi connectivity index (χ1n) is 9.41. The molecule has 1 aliphatic heterocycles. The minimum absolute atomic E-state index is 0.0261. The molecule has 2 N–H and O–H groups in total. The van der Waals surface area contributed by atoms with Gasteiger partial charge in [0.05, 0.1) is 17.4 Å². The molecule has 2 aliphatic rings. The van der Waals surface area contributed by atoms with E-state index >= 15 is 0 Å². The molecular formula is C23H26N2OS. The minimum atomic E-state index is -0.136. The van der Waals surface area contributed by atoms with Crippen molar-refractivity contribution in [1.82, 2.24) is 0 Å². The van der Waals surface area contributed by atoms with Gasteiger partial charge in [-0.25, -0.2) is 0 Å². The lowest BCUT2D eigenvalue weighted by atomic mass is 9.73. The van der Waals surface area contributed by atoms with Crippen LogP contribution in [0.15, 0.2) is 58.6 Å². The predicted molar refractivity (Wildman–Crippen MR) is 114 cm³/mol. The van der Waals surface area contributed by atoms with Crippen LogP contribution < -0.4 is 10.6 Å². The Kier molecular flexibility index (Phi) is 4.55. The van der Waals surface area contributed by atoms with Crippen LogP contribution in [0.1, 0.15) is 43.9 Å². The summed E-state index contributed by atoms with van der Waals surface area (Å²) in [6, 6.07) is 14.6. The maximum absolute atomic E-state index is 13.3. The third-order valence-corrected chi connectivity index (χ3v) is 6.23. The van der Waals surface area contributed by atoms with Gasteiger partial charge in [-0.2, -0.15) is 0 Å². The number of hydrogen-bond acceptors (Lipinski definition) is 4. The Morgan fingerprint density at radius 3 is 2.63 bits per heavy atom. The minimum Gasteiger partial charge on any atom is -0.372 e. The maximum Gasteiger partial charge on any atom is 0.163 e. The van der Waals surface area contributed by atoms with Crippen LogP contribution in [-0.2, 0) is 4.79 Å². The van der Waals surface area contributed by atoms with E-state index in [0.717, 1.165) is 29.1 Å². The van der Waals surface area contributed by atoms with Crippen molar-refractivity contribution in [3.05, 3.63) is 64.9 Å². The lowest BCUT2D eigenvalue weighted by molar-refractivity contribution is -0.118. The summed E-state index contributed by atoms with van der Waals surface area (Å²) < 4.78 is 0. The third kappa shape index (κ3) is 3.39. The van der Waals surface area contributed by atoms with Gasteiger partial charge in [0.1, 0.15) is 0 Å². The molecule has 1 aliphatic carbocycles. The number of fused-ring (bicyclic) bond motifs is 1. The van der Waals surface area contributed by atoms with E-state index in [1.807, 2.05) is 0 Å². The molecule has 2 aromatic carbocycles. The summed E-state index contributed by atoms with van der Waals surface area (Å²) in [6.07, 6.45) is 3.55. The lowest BCUT2D eigenvalue weighted by Crippen LogP contribution is -2.31. The predicted octanol–water partition coefficient (Wildman–Crippen LogP) is 5.94. The molecule has 4 heteroatoms. The first-order chi connectivity index (χ1) is 12.9.